The van der Waals surface area contributed by atoms with Gasteiger partial charge in [-0.15, -0.1) is 20.3 Å². The van der Waals surface area contributed by atoms with Crippen molar-refractivity contribution in [1.82, 2.24) is 20.3 Å². The van der Waals surface area contributed by atoms with Crippen LogP contribution in [0.3, 0.4) is 0 Å². The lowest BCUT2D eigenvalue weighted by Gasteiger charge is -2.56. The second-order valence-electron chi connectivity index (χ2n) is 22.4. The number of carbonyl (C=O) groups excluding carboxylic acids is 16. The number of hydrogen-bond donors (Lipinski definition) is 1. The van der Waals surface area contributed by atoms with Crippen LogP contribution in [0.4, 0.5) is 0 Å². The monoisotopic (exact) mass is 1270 g/mol. The van der Waals surface area contributed by atoms with Crippen LogP contribution in [0, 0.1) is 28.6 Å². The van der Waals surface area contributed by atoms with E-state index in [-0.39, 0.29) is 131 Å². The van der Waals surface area contributed by atoms with Crippen LogP contribution in [-0.4, -0.2) is 201 Å². The van der Waals surface area contributed by atoms with Gasteiger partial charge in [-0.25, -0.2) is 19.2 Å². The van der Waals surface area contributed by atoms with Gasteiger partial charge in [0.2, 0.25) is 0 Å². The van der Waals surface area contributed by atoms with Crippen LogP contribution in [0.15, 0.2) is 0 Å². The predicted molar refractivity (Wildman–Crippen MR) is 285 cm³/mol. The molecule has 0 radical (unpaired) electrons. The molecule has 0 aromatic rings. The van der Waals surface area contributed by atoms with Crippen molar-refractivity contribution in [1.29, 1.82) is 0 Å². The minimum absolute atomic E-state index is 0.131. The van der Waals surface area contributed by atoms with E-state index in [4.69, 9.17) is 63.0 Å². The maximum absolute atomic E-state index is 12.4. The standard InChI is InChI=1S/C45H56N4O28.C11H19N/c50-29-1-2-30(51)46(29)74-41(62)13-9-37(58)70-21-17-66-25-45(26-67-18-22-71-38(59)10-14-42(63)75-47-31(52)3-4-32(47)53,27-68-19-23-72-39(60)11-15-43(64)76-48-33(54)5-6-34(48)55)28-69-20-24-73-40(61)12-16-44(65)77-49-35(56)7-8-36(49)57;12-7-11-4-8-1-9(5-11)3-10(2-8)6-11/h1-28H2;8-10H,1-7,12H2. The number of hydrogen-bond acceptors (Lipinski definition) is 29. The van der Waals surface area contributed by atoms with Crippen molar-refractivity contribution in [2.24, 2.45) is 34.3 Å². The van der Waals surface area contributed by atoms with Crippen LogP contribution in [0.5, 0.6) is 0 Å². The summed E-state index contributed by atoms with van der Waals surface area (Å²) in [6.45, 7) is -2.89. The van der Waals surface area contributed by atoms with Crippen LogP contribution < -0.4 is 5.73 Å². The van der Waals surface area contributed by atoms with Crippen LogP contribution in [0.1, 0.15) is 141 Å². The molecule has 4 saturated heterocycles. The lowest BCUT2D eigenvalue weighted by Crippen LogP contribution is -2.49. The van der Waals surface area contributed by atoms with Gasteiger partial charge in [0.05, 0.1) is 110 Å². The topological polar surface area (TPSA) is 423 Å². The van der Waals surface area contributed by atoms with Crippen molar-refractivity contribution in [3.05, 3.63) is 0 Å². The fraction of sp³-hybridized carbons (Fsp3) is 0.714. The van der Waals surface area contributed by atoms with Gasteiger partial charge in [0.15, 0.2) is 0 Å². The van der Waals surface area contributed by atoms with E-state index in [2.05, 4.69) is 0 Å². The molecule has 0 aromatic heterocycles. The van der Waals surface area contributed by atoms with E-state index in [0.717, 1.165) is 24.3 Å². The number of hydroxylamine groups is 8. The Kier molecular flexibility index (Phi) is 27.4. The molecule has 33 nitrogen and oxygen atoms in total. The molecule has 8 amide bonds. The maximum atomic E-state index is 12.4. The van der Waals surface area contributed by atoms with Gasteiger partial charge >= 0.3 is 47.8 Å². The van der Waals surface area contributed by atoms with E-state index in [1.54, 1.807) is 0 Å². The molecule has 33 heteroatoms. The van der Waals surface area contributed by atoms with Crippen LogP contribution >= 0.6 is 0 Å². The van der Waals surface area contributed by atoms with Gasteiger partial charge in [-0.2, -0.15) is 0 Å². The zero-order valence-electron chi connectivity index (χ0n) is 49.3. The summed E-state index contributed by atoms with van der Waals surface area (Å²) in [6.07, 6.45) is 3.87. The first kappa shape index (κ1) is 70.2. The van der Waals surface area contributed by atoms with E-state index >= 15 is 0 Å². The van der Waals surface area contributed by atoms with E-state index < -0.39 is 152 Å². The molecule has 4 aliphatic heterocycles. The maximum Gasteiger partial charge on any atom is 0.333 e. The molecule has 8 aliphatic rings. The summed E-state index contributed by atoms with van der Waals surface area (Å²) in [5.74, 6) is -10.1. The molecule has 89 heavy (non-hydrogen) atoms. The Morgan fingerprint density at radius 1 is 0.337 bits per heavy atom. The number of imide groups is 4. The predicted octanol–water partition coefficient (Wildman–Crippen LogP) is -0.0769. The highest BCUT2D eigenvalue weighted by atomic mass is 16.7. The average molecular weight is 1270 g/mol. The molecule has 8 rings (SSSR count). The molecule has 0 aromatic carbocycles. The van der Waals surface area contributed by atoms with Gasteiger partial charge in [0.25, 0.3) is 47.3 Å². The largest absolute Gasteiger partial charge is 0.463 e. The first-order chi connectivity index (χ1) is 42.5. The lowest BCUT2D eigenvalue weighted by molar-refractivity contribution is -0.197. The molecule has 4 heterocycles. The van der Waals surface area contributed by atoms with Crippen molar-refractivity contribution in [2.45, 2.75) is 141 Å². The second-order valence-corrected chi connectivity index (χ2v) is 22.4. The molecule has 4 bridgehead atoms. The summed E-state index contributed by atoms with van der Waals surface area (Å²) in [7, 11) is 0. The fourth-order valence-electron chi connectivity index (χ4n) is 11.1. The Labute approximate surface area is 509 Å². The van der Waals surface area contributed by atoms with Crippen molar-refractivity contribution in [3.63, 3.8) is 0 Å². The number of nitrogens with two attached hydrogens (primary N) is 1. The fourth-order valence-corrected chi connectivity index (χ4v) is 11.1. The van der Waals surface area contributed by atoms with Gasteiger partial charge in [0.1, 0.15) is 26.4 Å². The van der Waals surface area contributed by atoms with E-state index in [1.165, 1.54) is 38.5 Å². The first-order valence-corrected chi connectivity index (χ1v) is 29.4. The minimum atomic E-state index is -1.34. The normalized spacial score (nSPS) is 21.1. The highest BCUT2D eigenvalue weighted by Crippen LogP contribution is 2.59. The molecule has 4 saturated carbocycles. The number of carbonyl (C=O) groups is 16. The Morgan fingerprint density at radius 2 is 0.539 bits per heavy atom. The minimum Gasteiger partial charge on any atom is -0.463 e. The Morgan fingerprint density at radius 3 is 0.742 bits per heavy atom. The third-order valence-corrected chi connectivity index (χ3v) is 15.1. The number of esters is 4. The summed E-state index contributed by atoms with van der Waals surface area (Å²) in [5, 5.41) is 1.31. The molecule has 0 atom stereocenters. The highest BCUT2D eigenvalue weighted by Gasteiger charge is 2.50. The van der Waals surface area contributed by atoms with E-state index in [0.29, 0.717) is 25.7 Å². The van der Waals surface area contributed by atoms with Crippen molar-refractivity contribution in [3.8, 4) is 0 Å². The molecule has 492 valence electrons. The smallest absolute Gasteiger partial charge is 0.333 e. The lowest BCUT2D eigenvalue weighted by atomic mass is 9.50. The summed E-state index contributed by atoms with van der Waals surface area (Å²) >= 11 is 0. The van der Waals surface area contributed by atoms with E-state index in [1.807, 2.05) is 0 Å². The SMILES string of the molecule is NCC12CC3CC(CC(C3)C1)C2.O=C(CCC(=O)ON1C(=O)CCC1=O)OCCOCC(COCCOC(=O)CCC(=O)ON1C(=O)CCC1=O)(COCCOC(=O)CCC(=O)ON1C(=O)CCC1=O)COCCOC(=O)CCC(=O)ON1C(=O)CCC1=O. The number of ether oxygens (including phenoxy) is 8. The number of rotatable bonds is 37. The van der Waals surface area contributed by atoms with Gasteiger partial charge < -0.3 is 63.0 Å². The Hall–Kier alpha value is -7.88. The first-order valence-electron chi connectivity index (χ1n) is 29.4. The molecule has 2 N–H and O–H groups in total. The van der Waals surface area contributed by atoms with Crippen molar-refractivity contribution < 1.29 is 134 Å². The summed E-state index contributed by atoms with van der Waals surface area (Å²) in [5.41, 5.74) is 5.21. The van der Waals surface area contributed by atoms with Crippen LogP contribution in [-0.2, 0) is 134 Å². The average Bonchev–Trinajstić information content (AvgIpc) is 1.58. The highest BCUT2D eigenvalue weighted by molar-refractivity contribution is 6.03. The third-order valence-electron chi connectivity index (χ3n) is 15.1. The second kappa shape index (κ2) is 34.8. The zero-order valence-corrected chi connectivity index (χ0v) is 49.3. The van der Waals surface area contributed by atoms with Gasteiger partial charge in [-0.3, -0.25) is 57.5 Å². The summed E-state index contributed by atoms with van der Waals surface area (Å²) in [6, 6.07) is 0. The number of amides is 8. The van der Waals surface area contributed by atoms with Crippen molar-refractivity contribution in [2.75, 3.05) is 85.8 Å². The molecule has 4 aliphatic carbocycles. The number of nitrogens with zero attached hydrogens (tertiary/aromatic N) is 4. The van der Waals surface area contributed by atoms with Gasteiger partial charge in [0, 0.05) is 51.4 Å². The van der Waals surface area contributed by atoms with Gasteiger partial charge in [-0.05, 0) is 68.2 Å². The molecular formula is C56H75N5O28. The third kappa shape index (κ3) is 22.9. The van der Waals surface area contributed by atoms with Crippen LogP contribution in [0.2, 0.25) is 0 Å². The van der Waals surface area contributed by atoms with E-state index in [9.17, 15) is 76.7 Å². The molecule has 8 fully saturated rings. The molecular weight excluding hydrogens is 1190 g/mol. The molecule has 0 unspecified atom stereocenters. The quantitative estimate of drug-likeness (QED) is 0.0368. The van der Waals surface area contributed by atoms with Crippen LogP contribution in [0.25, 0.3) is 0 Å². The Balaban J connectivity index is 0.000000920. The van der Waals surface area contributed by atoms with Crippen molar-refractivity contribution >= 4 is 95.0 Å². The summed E-state index contributed by atoms with van der Waals surface area (Å²) < 4.78 is 43.7. The van der Waals surface area contributed by atoms with Gasteiger partial charge in [-0.1, -0.05) is 0 Å². The summed E-state index contributed by atoms with van der Waals surface area (Å²) in [4.78, 5) is 211. The Bertz CT molecular complexity index is 2250. The zero-order chi connectivity index (χ0) is 64.5. The molecule has 0 spiro atoms.